The fourth-order valence-corrected chi connectivity index (χ4v) is 2.79. The minimum absolute atomic E-state index is 0.0450. The number of aromatic amines is 1. The van der Waals surface area contributed by atoms with E-state index in [1.165, 1.54) is 0 Å². The maximum atomic E-state index is 12.3. The van der Waals surface area contributed by atoms with Crippen molar-refractivity contribution in [1.82, 2.24) is 20.6 Å². The highest BCUT2D eigenvalue weighted by Gasteiger charge is 2.17. The summed E-state index contributed by atoms with van der Waals surface area (Å²) in [5.74, 6) is -0.389. The van der Waals surface area contributed by atoms with E-state index >= 15 is 0 Å². The third-order valence-electron chi connectivity index (χ3n) is 4.11. The molecule has 1 aromatic carbocycles. The molecular weight excluding hydrogens is 326 g/mol. The predicted molar refractivity (Wildman–Crippen MR) is 88.2 cm³/mol. The summed E-state index contributed by atoms with van der Waals surface area (Å²) >= 11 is 0. The zero-order valence-electron chi connectivity index (χ0n) is 13.4. The molecule has 0 aliphatic carbocycles. The minimum atomic E-state index is -0.559. The fourth-order valence-electron chi connectivity index (χ4n) is 2.79. The maximum absolute atomic E-state index is 12.3. The number of amides is 1. The first kappa shape index (κ1) is 15.1. The largest absolute Gasteiger partial charge is 0.464 e. The molecule has 9 nitrogen and oxygen atoms in total. The van der Waals surface area contributed by atoms with Crippen molar-refractivity contribution < 1.29 is 13.6 Å². The molecule has 0 spiro atoms. The van der Waals surface area contributed by atoms with Crippen LogP contribution >= 0.6 is 0 Å². The number of benzene rings is 1. The molecule has 0 aliphatic rings. The van der Waals surface area contributed by atoms with Gasteiger partial charge in [0.2, 0.25) is 5.91 Å². The summed E-state index contributed by atoms with van der Waals surface area (Å²) in [5.41, 5.74) is 2.47. The van der Waals surface area contributed by atoms with Crippen LogP contribution in [0.3, 0.4) is 0 Å². The van der Waals surface area contributed by atoms with Gasteiger partial charge in [-0.05, 0) is 36.3 Å². The van der Waals surface area contributed by atoms with E-state index in [2.05, 4.69) is 25.9 Å². The fraction of sp³-hybridized carbons (Fsp3) is 0.188. The summed E-state index contributed by atoms with van der Waals surface area (Å²) in [4.78, 5) is 24.4. The summed E-state index contributed by atoms with van der Waals surface area (Å²) in [6, 6.07) is 3.59. The molecule has 0 saturated carbocycles. The van der Waals surface area contributed by atoms with Gasteiger partial charge in [-0.25, -0.2) is 4.79 Å². The number of tetrazole rings is 1. The van der Waals surface area contributed by atoms with Crippen LogP contribution in [0.1, 0.15) is 16.7 Å². The third kappa shape index (κ3) is 2.55. The molecular formula is C16H13N5O4. The van der Waals surface area contributed by atoms with Crippen LogP contribution in [0, 0.1) is 13.8 Å². The molecule has 0 unspecified atom stereocenters. The maximum Gasteiger partial charge on any atom is 0.340 e. The van der Waals surface area contributed by atoms with Gasteiger partial charge in [-0.3, -0.25) is 10.1 Å². The highest BCUT2D eigenvalue weighted by Crippen LogP contribution is 2.28. The lowest BCUT2D eigenvalue weighted by Crippen LogP contribution is -2.21. The van der Waals surface area contributed by atoms with E-state index in [9.17, 15) is 9.59 Å². The van der Waals surface area contributed by atoms with Crippen molar-refractivity contribution in [2.75, 3.05) is 5.32 Å². The van der Waals surface area contributed by atoms with Crippen LogP contribution in [-0.4, -0.2) is 26.5 Å². The Hall–Kier alpha value is -3.49. The summed E-state index contributed by atoms with van der Waals surface area (Å²) in [7, 11) is 0. The highest BCUT2D eigenvalue weighted by molar-refractivity contribution is 5.97. The summed E-state index contributed by atoms with van der Waals surface area (Å²) < 4.78 is 10.8. The van der Waals surface area contributed by atoms with Crippen LogP contribution in [0.25, 0.3) is 21.9 Å². The van der Waals surface area contributed by atoms with Gasteiger partial charge in [-0.2, -0.15) is 5.21 Å². The minimum Gasteiger partial charge on any atom is -0.464 e. The first-order valence-electron chi connectivity index (χ1n) is 7.50. The molecule has 0 radical (unpaired) electrons. The monoisotopic (exact) mass is 339 g/mol. The number of nitrogens with one attached hydrogen (secondary N) is 2. The SMILES string of the molecule is Cc1coc2cc3oc(=O)c(CC(=O)Nc4nn[nH]n4)c(C)c3cc12. The summed E-state index contributed by atoms with van der Waals surface area (Å²) in [5, 5.41) is 17.0. The molecule has 2 N–H and O–H groups in total. The molecule has 25 heavy (non-hydrogen) atoms. The number of aryl methyl sites for hydroxylation is 2. The van der Waals surface area contributed by atoms with E-state index < -0.39 is 11.5 Å². The molecule has 126 valence electrons. The molecule has 3 aromatic heterocycles. The second kappa shape index (κ2) is 5.55. The number of hydrogen-bond donors (Lipinski definition) is 2. The van der Waals surface area contributed by atoms with E-state index in [0.29, 0.717) is 16.7 Å². The summed E-state index contributed by atoms with van der Waals surface area (Å²) in [6.45, 7) is 3.73. The lowest BCUT2D eigenvalue weighted by Gasteiger charge is -2.07. The highest BCUT2D eigenvalue weighted by atomic mass is 16.4. The van der Waals surface area contributed by atoms with Crippen LogP contribution in [-0.2, 0) is 11.2 Å². The number of fused-ring (bicyclic) bond motifs is 2. The van der Waals surface area contributed by atoms with Crippen LogP contribution in [0.4, 0.5) is 5.95 Å². The van der Waals surface area contributed by atoms with E-state index in [4.69, 9.17) is 8.83 Å². The Labute approximate surface area is 140 Å². The van der Waals surface area contributed by atoms with Gasteiger partial charge in [0.25, 0.3) is 5.95 Å². The van der Waals surface area contributed by atoms with Crippen molar-refractivity contribution in [3.05, 3.63) is 45.5 Å². The van der Waals surface area contributed by atoms with Crippen LogP contribution < -0.4 is 10.9 Å². The van der Waals surface area contributed by atoms with Gasteiger partial charge in [-0.1, -0.05) is 5.10 Å². The van der Waals surface area contributed by atoms with Crippen molar-refractivity contribution >= 4 is 33.8 Å². The lowest BCUT2D eigenvalue weighted by atomic mass is 10.0. The van der Waals surface area contributed by atoms with Crippen molar-refractivity contribution in [1.29, 1.82) is 0 Å². The first-order valence-corrected chi connectivity index (χ1v) is 7.50. The average Bonchev–Trinajstić information content (AvgIpc) is 3.20. The molecule has 4 aromatic rings. The number of hydrogen-bond acceptors (Lipinski definition) is 7. The van der Waals surface area contributed by atoms with Crippen molar-refractivity contribution in [2.24, 2.45) is 0 Å². The Morgan fingerprint density at radius 2 is 2.08 bits per heavy atom. The summed E-state index contributed by atoms with van der Waals surface area (Å²) in [6.07, 6.45) is 1.50. The first-order chi connectivity index (χ1) is 12.0. The molecule has 0 bridgehead atoms. The van der Waals surface area contributed by atoms with Crippen molar-refractivity contribution in [2.45, 2.75) is 20.3 Å². The number of H-pyrrole nitrogens is 1. The van der Waals surface area contributed by atoms with Crippen LogP contribution in [0.5, 0.6) is 0 Å². The number of anilines is 1. The predicted octanol–water partition coefficient (Wildman–Crippen LogP) is 1.85. The lowest BCUT2D eigenvalue weighted by molar-refractivity contribution is -0.115. The van der Waals surface area contributed by atoms with E-state index in [1.807, 2.05) is 13.0 Å². The molecule has 0 fully saturated rings. The van der Waals surface area contributed by atoms with E-state index in [1.54, 1.807) is 19.3 Å². The van der Waals surface area contributed by atoms with Gasteiger partial charge in [0, 0.05) is 16.8 Å². The smallest absolute Gasteiger partial charge is 0.340 e. The quantitative estimate of drug-likeness (QED) is 0.545. The number of rotatable bonds is 3. The zero-order valence-corrected chi connectivity index (χ0v) is 13.4. The third-order valence-corrected chi connectivity index (χ3v) is 4.11. The number of carbonyl (C=O) groups is 1. The van der Waals surface area contributed by atoms with Crippen molar-refractivity contribution in [3.63, 3.8) is 0 Å². The number of furan rings is 1. The molecule has 9 heteroatoms. The molecule has 0 saturated heterocycles. The van der Waals surface area contributed by atoms with E-state index in [-0.39, 0.29) is 17.9 Å². The Morgan fingerprint density at radius 1 is 1.24 bits per heavy atom. The van der Waals surface area contributed by atoms with Crippen LogP contribution in [0.2, 0.25) is 0 Å². The topological polar surface area (TPSA) is 127 Å². The van der Waals surface area contributed by atoms with Gasteiger partial charge in [0.1, 0.15) is 11.2 Å². The molecule has 1 amide bonds. The van der Waals surface area contributed by atoms with Crippen molar-refractivity contribution in [3.8, 4) is 0 Å². The normalized spacial score (nSPS) is 11.3. The Morgan fingerprint density at radius 3 is 2.84 bits per heavy atom. The second-order valence-electron chi connectivity index (χ2n) is 5.72. The molecule has 0 atom stereocenters. The zero-order chi connectivity index (χ0) is 17.6. The van der Waals surface area contributed by atoms with Gasteiger partial charge >= 0.3 is 5.63 Å². The number of carbonyl (C=O) groups excluding carboxylic acids is 1. The number of nitrogens with zero attached hydrogens (tertiary/aromatic N) is 3. The Balaban J connectivity index is 1.78. The second-order valence-corrected chi connectivity index (χ2v) is 5.72. The standard InChI is InChI=1S/C16H13N5O4/c1-7-6-24-12-5-13-10(3-9(7)12)8(2)11(15(23)25-13)4-14(22)17-16-18-20-21-19-16/h3,5-6H,4H2,1-2H3,(H2,17,18,19,20,21,22). The molecule has 0 aliphatic heterocycles. The average molecular weight is 339 g/mol. The van der Waals surface area contributed by atoms with Gasteiger partial charge < -0.3 is 8.83 Å². The Kier molecular flexibility index (Phi) is 3.34. The van der Waals surface area contributed by atoms with Gasteiger partial charge in [0.05, 0.1) is 18.2 Å². The number of aromatic nitrogens is 4. The van der Waals surface area contributed by atoms with Crippen LogP contribution in [0.15, 0.2) is 32.0 Å². The molecule has 3 heterocycles. The van der Waals surface area contributed by atoms with Gasteiger partial charge in [0.15, 0.2) is 0 Å². The van der Waals surface area contributed by atoms with E-state index in [0.717, 1.165) is 16.3 Å². The molecule has 4 rings (SSSR count). The van der Waals surface area contributed by atoms with Gasteiger partial charge in [-0.15, -0.1) is 5.10 Å². The Bertz CT molecular complexity index is 1160.